The highest BCUT2D eigenvalue weighted by Crippen LogP contribution is 2.25. The van der Waals surface area contributed by atoms with Crippen molar-refractivity contribution in [2.24, 2.45) is 0 Å². The third-order valence-electron chi connectivity index (χ3n) is 2.11. The van der Waals surface area contributed by atoms with Gasteiger partial charge in [-0.25, -0.2) is 9.37 Å². The fourth-order valence-corrected chi connectivity index (χ4v) is 1.37. The Morgan fingerprint density at radius 1 is 1.19 bits per heavy atom. The molecule has 82 valence electrons. The van der Waals surface area contributed by atoms with E-state index in [0.717, 1.165) is 6.20 Å². The molecule has 0 aliphatic heterocycles. The van der Waals surface area contributed by atoms with Gasteiger partial charge in [-0.3, -0.25) is 4.98 Å². The highest BCUT2D eigenvalue weighted by molar-refractivity contribution is 5.67. The molecule has 2 aromatic heterocycles. The summed E-state index contributed by atoms with van der Waals surface area (Å²) in [7, 11) is 1.49. The molecule has 2 heterocycles. The van der Waals surface area contributed by atoms with Crippen molar-refractivity contribution in [3.05, 3.63) is 36.5 Å². The van der Waals surface area contributed by atoms with Crippen LogP contribution in [0.15, 0.2) is 30.7 Å². The van der Waals surface area contributed by atoms with E-state index in [1.807, 2.05) is 0 Å². The topological polar surface area (TPSA) is 61.0 Å². The summed E-state index contributed by atoms with van der Waals surface area (Å²) in [6, 6.07) is 3.04. The third kappa shape index (κ3) is 1.93. The van der Waals surface area contributed by atoms with E-state index in [1.165, 1.54) is 13.2 Å². The second kappa shape index (κ2) is 4.14. The van der Waals surface area contributed by atoms with Crippen LogP contribution >= 0.6 is 0 Å². The quantitative estimate of drug-likeness (QED) is 0.837. The van der Waals surface area contributed by atoms with Crippen LogP contribution in [-0.2, 0) is 0 Å². The minimum absolute atomic E-state index is 0.355. The third-order valence-corrected chi connectivity index (χ3v) is 2.11. The van der Waals surface area contributed by atoms with Gasteiger partial charge < -0.3 is 10.5 Å². The van der Waals surface area contributed by atoms with E-state index >= 15 is 0 Å². The van der Waals surface area contributed by atoms with Gasteiger partial charge in [-0.1, -0.05) is 0 Å². The normalized spacial score (nSPS) is 10.1. The number of hydrogen-bond donors (Lipinski definition) is 1. The lowest BCUT2D eigenvalue weighted by Crippen LogP contribution is -1.95. The van der Waals surface area contributed by atoms with Gasteiger partial charge in [-0.2, -0.15) is 0 Å². The van der Waals surface area contributed by atoms with E-state index in [9.17, 15) is 4.39 Å². The first-order valence-corrected chi connectivity index (χ1v) is 4.61. The number of hydrogen-bond acceptors (Lipinski definition) is 4. The Kier molecular flexibility index (Phi) is 2.68. The number of anilines is 1. The van der Waals surface area contributed by atoms with Gasteiger partial charge in [0.2, 0.25) is 5.88 Å². The number of halogens is 1. The molecule has 0 saturated carbocycles. The molecule has 16 heavy (non-hydrogen) atoms. The summed E-state index contributed by atoms with van der Waals surface area (Å²) in [5.41, 5.74) is 7.44. The molecule has 0 spiro atoms. The van der Waals surface area contributed by atoms with Gasteiger partial charge in [0.25, 0.3) is 0 Å². The van der Waals surface area contributed by atoms with E-state index in [2.05, 4.69) is 9.97 Å². The summed E-state index contributed by atoms with van der Waals surface area (Å²) >= 11 is 0. The Balaban J connectivity index is 2.45. The molecule has 0 aliphatic rings. The monoisotopic (exact) mass is 219 g/mol. The van der Waals surface area contributed by atoms with Gasteiger partial charge in [-0.05, 0) is 12.1 Å². The maximum absolute atomic E-state index is 13.0. The molecule has 2 aromatic rings. The van der Waals surface area contributed by atoms with Crippen LogP contribution in [-0.4, -0.2) is 17.1 Å². The van der Waals surface area contributed by atoms with E-state index in [0.29, 0.717) is 22.7 Å². The molecule has 0 aromatic carbocycles. The van der Waals surface area contributed by atoms with E-state index in [1.54, 1.807) is 18.5 Å². The number of nitrogens with zero attached hydrogens (tertiary/aromatic N) is 2. The number of nitrogens with two attached hydrogens (primary N) is 1. The number of aromatic nitrogens is 2. The molecule has 4 nitrogen and oxygen atoms in total. The van der Waals surface area contributed by atoms with E-state index in [-0.39, 0.29) is 0 Å². The van der Waals surface area contributed by atoms with Crippen LogP contribution < -0.4 is 10.5 Å². The van der Waals surface area contributed by atoms with Crippen molar-refractivity contribution in [2.75, 3.05) is 12.8 Å². The number of pyridine rings is 2. The molecule has 2 rings (SSSR count). The molecule has 0 saturated heterocycles. The van der Waals surface area contributed by atoms with Crippen LogP contribution in [0.3, 0.4) is 0 Å². The molecule has 0 radical (unpaired) electrons. The molecule has 0 atom stereocenters. The Labute approximate surface area is 91.9 Å². The molecule has 0 fully saturated rings. The highest BCUT2D eigenvalue weighted by Gasteiger charge is 2.05. The molecule has 0 amide bonds. The number of ether oxygens (including phenoxy) is 1. The number of nitrogen functional groups attached to an aromatic ring is 1. The van der Waals surface area contributed by atoms with Gasteiger partial charge in [-0.15, -0.1) is 0 Å². The van der Waals surface area contributed by atoms with Crippen molar-refractivity contribution in [3.8, 4) is 17.0 Å². The molecule has 0 unspecified atom stereocenters. The zero-order valence-corrected chi connectivity index (χ0v) is 8.64. The zero-order valence-electron chi connectivity index (χ0n) is 8.64. The highest BCUT2D eigenvalue weighted by atomic mass is 19.1. The van der Waals surface area contributed by atoms with Crippen LogP contribution in [0.5, 0.6) is 5.88 Å². The smallest absolute Gasteiger partial charge is 0.236 e. The number of rotatable bonds is 2. The first kappa shape index (κ1) is 10.4. The Hall–Kier alpha value is -2.17. The minimum atomic E-state index is -0.396. The Morgan fingerprint density at radius 2 is 1.94 bits per heavy atom. The summed E-state index contributed by atoms with van der Waals surface area (Å²) < 4.78 is 17.9. The first-order valence-electron chi connectivity index (χ1n) is 4.61. The molecular weight excluding hydrogens is 209 g/mol. The van der Waals surface area contributed by atoms with Gasteiger partial charge in [0.1, 0.15) is 5.82 Å². The largest absolute Gasteiger partial charge is 0.480 e. The maximum Gasteiger partial charge on any atom is 0.236 e. The summed E-state index contributed by atoms with van der Waals surface area (Å²) in [5, 5.41) is 0. The van der Waals surface area contributed by atoms with Crippen molar-refractivity contribution in [2.45, 2.75) is 0 Å². The van der Waals surface area contributed by atoms with Crippen molar-refractivity contribution >= 4 is 5.69 Å². The van der Waals surface area contributed by atoms with Crippen LogP contribution in [0.1, 0.15) is 0 Å². The van der Waals surface area contributed by atoms with Crippen LogP contribution in [0.25, 0.3) is 11.1 Å². The zero-order chi connectivity index (χ0) is 11.5. The summed E-state index contributed by atoms with van der Waals surface area (Å²) in [4.78, 5) is 7.76. The average Bonchev–Trinajstić information content (AvgIpc) is 2.29. The van der Waals surface area contributed by atoms with Gasteiger partial charge in [0.05, 0.1) is 19.0 Å². The molecular formula is C11H10FN3O. The minimum Gasteiger partial charge on any atom is -0.480 e. The summed E-state index contributed by atoms with van der Waals surface area (Å²) in [6.07, 6.45) is 4.25. The number of methoxy groups -OCH3 is 1. The fourth-order valence-electron chi connectivity index (χ4n) is 1.37. The summed E-state index contributed by atoms with van der Waals surface area (Å²) in [5.74, 6) is -0.0417. The van der Waals surface area contributed by atoms with E-state index < -0.39 is 5.82 Å². The maximum atomic E-state index is 13.0. The van der Waals surface area contributed by atoms with Gasteiger partial charge >= 0.3 is 0 Å². The second-order valence-electron chi connectivity index (χ2n) is 3.21. The van der Waals surface area contributed by atoms with Crippen molar-refractivity contribution in [1.82, 2.24) is 9.97 Å². The lowest BCUT2D eigenvalue weighted by atomic mass is 10.1. The van der Waals surface area contributed by atoms with E-state index in [4.69, 9.17) is 10.5 Å². The van der Waals surface area contributed by atoms with Crippen molar-refractivity contribution < 1.29 is 9.13 Å². The van der Waals surface area contributed by atoms with Gasteiger partial charge in [0, 0.05) is 23.5 Å². The van der Waals surface area contributed by atoms with Crippen LogP contribution in [0, 0.1) is 5.82 Å². The average molecular weight is 219 g/mol. The SMILES string of the molecule is COc1ncc(-c2cncc(F)c2)cc1N. The Bertz CT molecular complexity index is 516. The Morgan fingerprint density at radius 3 is 2.56 bits per heavy atom. The van der Waals surface area contributed by atoms with Crippen molar-refractivity contribution in [3.63, 3.8) is 0 Å². The van der Waals surface area contributed by atoms with Crippen LogP contribution in [0.2, 0.25) is 0 Å². The standard InChI is InChI=1S/C11H10FN3O/c1-16-11-10(13)3-8(5-15-11)7-2-9(12)6-14-4-7/h2-6H,13H2,1H3. The molecule has 0 aliphatic carbocycles. The van der Waals surface area contributed by atoms with Gasteiger partial charge in [0.15, 0.2) is 0 Å². The predicted octanol–water partition coefficient (Wildman–Crippen LogP) is 1.87. The second-order valence-corrected chi connectivity index (χ2v) is 3.21. The molecule has 5 heteroatoms. The summed E-state index contributed by atoms with van der Waals surface area (Å²) in [6.45, 7) is 0. The van der Waals surface area contributed by atoms with Crippen LogP contribution in [0.4, 0.5) is 10.1 Å². The lowest BCUT2D eigenvalue weighted by Gasteiger charge is -2.05. The first-order chi connectivity index (χ1) is 7.70. The lowest BCUT2D eigenvalue weighted by molar-refractivity contribution is 0.400. The predicted molar refractivity (Wildman–Crippen MR) is 58.4 cm³/mol. The molecule has 2 N–H and O–H groups in total. The fraction of sp³-hybridized carbons (Fsp3) is 0.0909. The van der Waals surface area contributed by atoms with Crippen molar-refractivity contribution in [1.29, 1.82) is 0 Å². The molecule has 0 bridgehead atoms.